The molecular formula is C13H19N3O3. The lowest BCUT2D eigenvalue weighted by atomic mass is 10.0. The minimum Gasteiger partial charge on any atom is -0.361 e. The van der Waals surface area contributed by atoms with E-state index >= 15 is 0 Å². The van der Waals surface area contributed by atoms with Gasteiger partial charge >= 0.3 is 0 Å². The molecule has 0 aromatic carbocycles. The van der Waals surface area contributed by atoms with Crippen molar-refractivity contribution in [3.63, 3.8) is 0 Å². The second-order valence-electron chi connectivity index (χ2n) is 4.99. The maximum absolute atomic E-state index is 12.4. The number of rotatable bonds is 2. The van der Waals surface area contributed by atoms with E-state index in [9.17, 15) is 9.59 Å². The summed E-state index contributed by atoms with van der Waals surface area (Å²) in [6.45, 7) is 6.25. The van der Waals surface area contributed by atoms with Gasteiger partial charge in [0.2, 0.25) is 5.91 Å². The van der Waals surface area contributed by atoms with Crippen LogP contribution in [0.3, 0.4) is 0 Å². The van der Waals surface area contributed by atoms with Gasteiger partial charge in [-0.15, -0.1) is 0 Å². The van der Waals surface area contributed by atoms with Gasteiger partial charge in [-0.3, -0.25) is 9.59 Å². The SMILES string of the molecule is CC(=O)N[C@@H]1CCCN(C(=O)c2c(C)noc2C)C1. The van der Waals surface area contributed by atoms with Gasteiger partial charge in [-0.05, 0) is 26.7 Å². The molecule has 1 atom stereocenters. The van der Waals surface area contributed by atoms with Crippen molar-refractivity contribution in [2.45, 2.75) is 39.7 Å². The van der Waals surface area contributed by atoms with Crippen LogP contribution in [0.5, 0.6) is 0 Å². The van der Waals surface area contributed by atoms with Crippen molar-refractivity contribution in [2.24, 2.45) is 0 Å². The lowest BCUT2D eigenvalue weighted by molar-refractivity contribution is -0.120. The van der Waals surface area contributed by atoms with Crippen LogP contribution in [-0.2, 0) is 4.79 Å². The summed E-state index contributed by atoms with van der Waals surface area (Å²) in [5, 5.41) is 6.68. The Labute approximate surface area is 112 Å². The van der Waals surface area contributed by atoms with Crippen LogP contribution in [0.4, 0.5) is 0 Å². The van der Waals surface area contributed by atoms with Crippen LogP contribution in [0.2, 0.25) is 0 Å². The van der Waals surface area contributed by atoms with E-state index < -0.39 is 0 Å². The molecule has 6 nitrogen and oxygen atoms in total. The molecule has 104 valence electrons. The van der Waals surface area contributed by atoms with E-state index in [-0.39, 0.29) is 17.9 Å². The number of hydrogen-bond donors (Lipinski definition) is 1. The molecule has 1 N–H and O–H groups in total. The number of nitrogens with zero attached hydrogens (tertiary/aromatic N) is 2. The molecule has 1 aromatic rings. The summed E-state index contributed by atoms with van der Waals surface area (Å²) >= 11 is 0. The number of piperidine rings is 1. The molecular weight excluding hydrogens is 246 g/mol. The van der Waals surface area contributed by atoms with Crippen LogP contribution in [0.25, 0.3) is 0 Å². The first-order valence-corrected chi connectivity index (χ1v) is 6.48. The van der Waals surface area contributed by atoms with E-state index in [1.807, 2.05) is 0 Å². The van der Waals surface area contributed by atoms with Crippen LogP contribution < -0.4 is 5.32 Å². The minimum atomic E-state index is -0.0636. The lowest BCUT2D eigenvalue weighted by Crippen LogP contribution is -2.49. The van der Waals surface area contributed by atoms with Gasteiger partial charge in [0.25, 0.3) is 5.91 Å². The normalized spacial score (nSPS) is 19.3. The van der Waals surface area contributed by atoms with Gasteiger partial charge in [0, 0.05) is 26.1 Å². The Hall–Kier alpha value is -1.85. The summed E-state index contributed by atoms with van der Waals surface area (Å²) in [6.07, 6.45) is 1.80. The van der Waals surface area contributed by atoms with Crippen LogP contribution in [0.1, 0.15) is 41.6 Å². The van der Waals surface area contributed by atoms with Gasteiger partial charge in [-0.25, -0.2) is 0 Å². The van der Waals surface area contributed by atoms with Crippen molar-refractivity contribution in [3.05, 3.63) is 17.0 Å². The highest BCUT2D eigenvalue weighted by molar-refractivity contribution is 5.96. The number of aromatic nitrogens is 1. The molecule has 0 bridgehead atoms. The number of carbonyl (C=O) groups excluding carboxylic acids is 2. The van der Waals surface area contributed by atoms with Crippen LogP contribution in [0.15, 0.2) is 4.52 Å². The minimum absolute atomic E-state index is 0.0377. The lowest BCUT2D eigenvalue weighted by Gasteiger charge is -2.32. The summed E-state index contributed by atoms with van der Waals surface area (Å²) in [4.78, 5) is 25.3. The Morgan fingerprint density at radius 2 is 2.16 bits per heavy atom. The third-order valence-corrected chi connectivity index (χ3v) is 3.36. The summed E-state index contributed by atoms with van der Waals surface area (Å²) in [5.74, 6) is 0.423. The number of aryl methyl sites for hydroxylation is 2. The molecule has 0 saturated carbocycles. The van der Waals surface area contributed by atoms with Crippen molar-refractivity contribution < 1.29 is 14.1 Å². The van der Waals surface area contributed by atoms with E-state index in [4.69, 9.17) is 4.52 Å². The van der Waals surface area contributed by atoms with Crippen molar-refractivity contribution in [1.29, 1.82) is 0 Å². The molecule has 0 radical (unpaired) electrons. The highest BCUT2D eigenvalue weighted by atomic mass is 16.5. The quantitative estimate of drug-likeness (QED) is 0.866. The molecule has 2 rings (SSSR count). The van der Waals surface area contributed by atoms with Crippen molar-refractivity contribution in [1.82, 2.24) is 15.4 Å². The molecule has 0 unspecified atom stereocenters. The van der Waals surface area contributed by atoms with E-state index in [2.05, 4.69) is 10.5 Å². The Kier molecular flexibility index (Phi) is 3.87. The second-order valence-corrected chi connectivity index (χ2v) is 4.99. The fourth-order valence-electron chi connectivity index (χ4n) is 2.51. The summed E-state index contributed by atoms with van der Waals surface area (Å²) in [7, 11) is 0. The zero-order valence-corrected chi connectivity index (χ0v) is 11.5. The van der Waals surface area contributed by atoms with Gasteiger partial charge in [-0.1, -0.05) is 5.16 Å². The zero-order valence-electron chi connectivity index (χ0n) is 11.5. The fraction of sp³-hybridized carbons (Fsp3) is 0.615. The van der Waals surface area contributed by atoms with Gasteiger partial charge in [-0.2, -0.15) is 0 Å². The van der Waals surface area contributed by atoms with E-state index in [0.29, 0.717) is 30.1 Å². The van der Waals surface area contributed by atoms with Crippen LogP contribution in [-0.4, -0.2) is 41.0 Å². The standard InChI is InChI=1S/C13H19N3O3/c1-8-12(9(2)19-15-8)13(18)16-6-4-5-11(7-16)14-10(3)17/h11H,4-7H2,1-3H3,(H,14,17)/t11-/m1/s1. The molecule has 1 aliphatic heterocycles. The second kappa shape index (κ2) is 5.42. The largest absolute Gasteiger partial charge is 0.361 e. The summed E-state index contributed by atoms with van der Waals surface area (Å²) < 4.78 is 5.03. The third kappa shape index (κ3) is 2.94. The highest BCUT2D eigenvalue weighted by Crippen LogP contribution is 2.18. The molecule has 0 spiro atoms. The third-order valence-electron chi connectivity index (χ3n) is 3.36. The van der Waals surface area contributed by atoms with Crippen LogP contribution in [0, 0.1) is 13.8 Å². The first-order valence-electron chi connectivity index (χ1n) is 6.48. The predicted molar refractivity (Wildman–Crippen MR) is 68.7 cm³/mol. The monoisotopic (exact) mass is 265 g/mol. The first kappa shape index (κ1) is 13.6. The van der Waals surface area contributed by atoms with E-state index in [1.54, 1.807) is 18.7 Å². The molecule has 6 heteroatoms. The summed E-state index contributed by atoms with van der Waals surface area (Å²) in [6, 6.07) is 0.0377. The van der Waals surface area contributed by atoms with Crippen molar-refractivity contribution in [2.75, 3.05) is 13.1 Å². The average molecular weight is 265 g/mol. The van der Waals surface area contributed by atoms with Gasteiger partial charge in [0.15, 0.2) is 0 Å². The Morgan fingerprint density at radius 1 is 1.42 bits per heavy atom. The van der Waals surface area contributed by atoms with Crippen molar-refractivity contribution >= 4 is 11.8 Å². The van der Waals surface area contributed by atoms with Gasteiger partial charge < -0.3 is 14.7 Å². The number of carbonyl (C=O) groups is 2. The molecule has 1 aliphatic rings. The molecule has 0 aliphatic carbocycles. The number of hydrogen-bond acceptors (Lipinski definition) is 4. The Bertz CT molecular complexity index is 476. The summed E-state index contributed by atoms with van der Waals surface area (Å²) in [5.41, 5.74) is 1.16. The molecule has 19 heavy (non-hydrogen) atoms. The smallest absolute Gasteiger partial charge is 0.259 e. The molecule has 1 aromatic heterocycles. The first-order chi connectivity index (χ1) is 8.99. The Morgan fingerprint density at radius 3 is 2.74 bits per heavy atom. The van der Waals surface area contributed by atoms with E-state index in [0.717, 1.165) is 12.8 Å². The number of amides is 2. The number of likely N-dealkylation sites (tertiary alicyclic amines) is 1. The number of nitrogens with one attached hydrogen (secondary N) is 1. The highest BCUT2D eigenvalue weighted by Gasteiger charge is 2.28. The predicted octanol–water partition coefficient (Wildman–Crippen LogP) is 1.03. The van der Waals surface area contributed by atoms with Gasteiger partial charge in [0.1, 0.15) is 11.3 Å². The Balaban J connectivity index is 2.09. The van der Waals surface area contributed by atoms with E-state index in [1.165, 1.54) is 6.92 Å². The maximum Gasteiger partial charge on any atom is 0.259 e. The van der Waals surface area contributed by atoms with Crippen LogP contribution >= 0.6 is 0 Å². The van der Waals surface area contributed by atoms with Gasteiger partial charge in [0.05, 0.1) is 5.69 Å². The fourth-order valence-corrected chi connectivity index (χ4v) is 2.51. The molecule has 1 saturated heterocycles. The molecule has 1 fully saturated rings. The molecule has 2 heterocycles. The maximum atomic E-state index is 12.4. The van der Waals surface area contributed by atoms with Crippen molar-refractivity contribution in [3.8, 4) is 0 Å². The average Bonchev–Trinajstić information content (AvgIpc) is 2.68. The molecule has 2 amide bonds. The topological polar surface area (TPSA) is 75.4 Å². The zero-order chi connectivity index (χ0) is 14.0.